The van der Waals surface area contributed by atoms with E-state index in [1.54, 1.807) is 14.2 Å². The van der Waals surface area contributed by atoms with Gasteiger partial charge in [-0.05, 0) is 37.1 Å². The summed E-state index contributed by atoms with van der Waals surface area (Å²) in [6, 6.07) is 17.6. The molecule has 0 radical (unpaired) electrons. The molecule has 6 heteroatoms. The number of methoxy groups -OCH3 is 2. The van der Waals surface area contributed by atoms with E-state index in [1.807, 2.05) is 55.5 Å². The number of aromatic nitrogens is 2. The molecule has 0 saturated heterocycles. The van der Waals surface area contributed by atoms with Crippen molar-refractivity contribution in [3.05, 3.63) is 65.9 Å². The molecule has 0 aliphatic rings. The number of nitrogens with one attached hydrogen (secondary N) is 2. The summed E-state index contributed by atoms with van der Waals surface area (Å²) in [4.78, 5) is 9.01. The van der Waals surface area contributed by atoms with E-state index in [4.69, 9.17) is 9.47 Å². The Morgan fingerprint density at radius 2 is 1.78 bits per heavy atom. The molecule has 27 heavy (non-hydrogen) atoms. The topological polar surface area (TPSA) is 68.3 Å². The van der Waals surface area contributed by atoms with Crippen LogP contribution in [-0.4, -0.2) is 30.7 Å². The molecule has 0 bridgehead atoms. The Balaban J connectivity index is 1.66. The van der Waals surface area contributed by atoms with Crippen LogP contribution < -0.4 is 20.1 Å². The summed E-state index contributed by atoms with van der Waals surface area (Å²) < 4.78 is 10.6. The fourth-order valence-corrected chi connectivity index (χ4v) is 2.78. The minimum atomic E-state index is 0.544. The second kappa shape index (κ2) is 8.89. The molecule has 0 amide bonds. The molecule has 2 N–H and O–H groups in total. The third-order valence-electron chi connectivity index (χ3n) is 4.07. The predicted molar refractivity (Wildman–Crippen MR) is 108 cm³/mol. The molecule has 3 aromatic rings. The van der Waals surface area contributed by atoms with Crippen LogP contribution in [0.4, 0.5) is 17.5 Å². The number of hydrogen-bond donors (Lipinski definition) is 2. The van der Waals surface area contributed by atoms with Crippen molar-refractivity contribution in [2.45, 2.75) is 13.3 Å². The lowest BCUT2D eigenvalue weighted by Crippen LogP contribution is -2.09. The highest BCUT2D eigenvalue weighted by atomic mass is 16.5. The fraction of sp³-hybridized carbons (Fsp3) is 0.238. The van der Waals surface area contributed by atoms with Gasteiger partial charge in [-0.25, -0.2) is 4.98 Å². The number of benzene rings is 2. The first-order valence-corrected chi connectivity index (χ1v) is 8.80. The van der Waals surface area contributed by atoms with Crippen LogP contribution >= 0.6 is 0 Å². The third-order valence-corrected chi connectivity index (χ3v) is 4.07. The Bertz CT molecular complexity index is 899. The van der Waals surface area contributed by atoms with Gasteiger partial charge in [-0.1, -0.05) is 24.3 Å². The van der Waals surface area contributed by atoms with Gasteiger partial charge >= 0.3 is 0 Å². The van der Waals surface area contributed by atoms with E-state index >= 15 is 0 Å². The van der Waals surface area contributed by atoms with E-state index in [0.717, 1.165) is 47.2 Å². The standard InChI is InChI=1S/C21H24N4O2/c1-15-13-20(22-12-11-16-7-4-5-10-19(16)27-3)25-21(23-15)24-17-8-6-9-18(14-17)26-2/h4-10,13-14H,11-12H2,1-3H3,(H2,22,23,24,25). The van der Waals surface area contributed by atoms with Gasteiger partial charge in [-0.15, -0.1) is 0 Å². The maximum Gasteiger partial charge on any atom is 0.229 e. The molecule has 6 nitrogen and oxygen atoms in total. The van der Waals surface area contributed by atoms with Gasteiger partial charge < -0.3 is 20.1 Å². The zero-order chi connectivity index (χ0) is 19.1. The Labute approximate surface area is 159 Å². The normalized spacial score (nSPS) is 10.3. The van der Waals surface area contributed by atoms with Gasteiger partial charge in [0.05, 0.1) is 14.2 Å². The highest BCUT2D eigenvalue weighted by molar-refractivity contribution is 5.57. The number of ether oxygens (including phenoxy) is 2. The van der Waals surface area contributed by atoms with Crippen LogP contribution in [0.15, 0.2) is 54.6 Å². The van der Waals surface area contributed by atoms with Crippen molar-refractivity contribution in [2.24, 2.45) is 0 Å². The van der Waals surface area contributed by atoms with Gasteiger partial charge in [0.25, 0.3) is 0 Å². The van der Waals surface area contributed by atoms with Gasteiger partial charge in [0.15, 0.2) is 0 Å². The summed E-state index contributed by atoms with van der Waals surface area (Å²) in [6.07, 6.45) is 0.839. The maximum absolute atomic E-state index is 5.40. The fourth-order valence-electron chi connectivity index (χ4n) is 2.78. The summed E-state index contributed by atoms with van der Waals surface area (Å²) in [6.45, 7) is 2.69. The zero-order valence-electron chi connectivity index (χ0n) is 15.8. The Morgan fingerprint density at radius 3 is 2.59 bits per heavy atom. The second-order valence-corrected chi connectivity index (χ2v) is 6.06. The molecule has 0 atom stereocenters. The molecular formula is C21H24N4O2. The lowest BCUT2D eigenvalue weighted by atomic mass is 10.1. The molecule has 1 heterocycles. The first-order valence-electron chi connectivity index (χ1n) is 8.80. The molecule has 140 valence electrons. The lowest BCUT2D eigenvalue weighted by molar-refractivity contribution is 0.410. The highest BCUT2D eigenvalue weighted by Crippen LogP contribution is 2.21. The molecule has 2 aromatic carbocycles. The highest BCUT2D eigenvalue weighted by Gasteiger charge is 2.05. The van der Waals surface area contributed by atoms with Crippen LogP contribution in [-0.2, 0) is 6.42 Å². The maximum atomic E-state index is 5.40. The average Bonchev–Trinajstić information content (AvgIpc) is 2.68. The van der Waals surface area contributed by atoms with Gasteiger partial charge in [0, 0.05) is 30.1 Å². The van der Waals surface area contributed by atoms with E-state index in [1.165, 1.54) is 0 Å². The summed E-state index contributed by atoms with van der Waals surface area (Å²) in [5, 5.41) is 6.59. The van der Waals surface area contributed by atoms with Gasteiger partial charge in [0.1, 0.15) is 17.3 Å². The number of rotatable bonds is 8. The van der Waals surface area contributed by atoms with Crippen LogP contribution in [0.1, 0.15) is 11.3 Å². The monoisotopic (exact) mass is 364 g/mol. The van der Waals surface area contributed by atoms with E-state index in [9.17, 15) is 0 Å². The number of aryl methyl sites for hydroxylation is 1. The summed E-state index contributed by atoms with van der Waals surface area (Å²) >= 11 is 0. The summed E-state index contributed by atoms with van der Waals surface area (Å²) in [5.74, 6) is 3.01. The summed E-state index contributed by atoms with van der Waals surface area (Å²) in [7, 11) is 3.34. The van der Waals surface area contributed by atoms with Gasteiger partial charge in [-0.2, -0.15) is 4.98 Å². The van der Waals surface area contributed by atoms with E-state index in [-0.39, 0.29) is 0 Å². The van der Waals surface area contributed by atoms with Crippen molar-refractivity contribution >= 4 is 17.5 Å². The first-order chi connectivity index (χ1) is 13.2. The van der Waals surface area contributed by atoms with Crippen LogP contribution in [0.5, 0.6) is 11.5 Å². The lowest BCUT2D eigenvalue weighted by Gasteiger charge is -2.12. The Morgan fingerprint density at radius 1 is 0.926 bits per heavy atom. The molecule has 0 saturated carbocycles. The smallest absolute Gasteiger partial charge is 0.229 e. The van der Waals surface area contributed by atoms with Crippen molar-refractivity contribution in [1.29, 1.82) is 0 Å². The molecule has 0 spiro atoms. The van der Waals surface area contributed by atoms with Crippen LogP contribution in [0, 0.1) is 6.92 Å². The van der Waals surface area contributed by atoms with Gasteiger partial charge in [0.2, 0.25) is 5.95 Å². The van der Waals surface area contributed by atoms with Crippen molar-refractivity contribution in [2.75, 3.05) is 31.4 Å². The SMILES string of the molecule is COc1cccc(Nc2nc(C)cc(NCCc3ccccc3OC)n2)c1. The molecule has 0 fully saturated rings. The molecular weight excluding hydrogens is 340 g/mol. The van der Waals surface area contributed by atoms with Crippen molar-refractivity contribution in [3.63, 3.8) is 0 Å². The minimum absolute atomic E-state index is 0.544. The van der Waals surface area contributed by atoms with E-state index in [0.29, 0.717) is 5.95 Å². The second-order valence-electron chi connectivity index (χ2n) is 6.06. The van der Waals surface area contributed by atoms with E-state index < -0.39 is 0 Å². The minimum Gasteiger partial charge on any atom is -0.497 e. The molecule has 0 aliphatic heterocycles. The third kappa shape index (κ3) is 5.10. The first kappa shape index (κ1) is 18.5. The zero-order valence-corrected chi connectivity index (χ0v) is 15.8. The largest absolute Gasteiger partial charge is 0.497 e. The quantitative estimate of drug-likeness (QED) is 0.624. The number of anilines is 3. The number of nitrogens with zero attached hydrogens (tertiary/aromatic N) is 2. The van der Waals surface area contributed by atoms with E-state index in [2.05, 4.69) is 26.7 Å². The average molecular weight is 364 g/mol. The van der Waals surface area contributed by atoms with Gasteiger partial charge in [-0.3, -0.25) is 0 Å². The van der Waals surface area contributed by atoms with Crippen molar-refractivity contribution in [1.82, 2.24) is 9.97 Å². The van der Waals surface area contributed by atoms with Crippen LogP contribution in [0.2, 0.25) is 0 Å². The van der Waals surface area contributed by atoms with Crippen LogP contribution in [0.25, 0.3) is 0 Å². The molecule has 0 aliphatic carbocycles. The number of hydrogen-bond acceptors (Lipinski definition) is 6. The number of para-hydroxylation sites is 1. The molecule has 3 rings (SSSR count). The Kier molecular flexibility index (Phi) is 6.10. The van der Waals surface area contributed by atoms with Crippen LogP contribution in [0.3, 0.4) is 0 Å². The Hall–Kier alpha value is -3.28. The van der Waals surface area contributed by atoms with Crippen molar-refractivity contribution < 1.29 is 9.47 Å². The van der Waals surface area contributed by atoms with Crippen molar-refractivity contribution in [3.8, 4) is 11.5 Å². The molecule has 1 aromatic heterocycles. The molecule has 0 unspecified atom stereocenters. The summed E-state index contributed by atoms with van der Waals surface area (Å²) in [5.41, 5.74) is 2.92. The predicted octanol–water partition coefficient (Wildman–Crippen LogP) is 4.20.